The maximum Gasteiger partial charge on any atom is 0.338 e. The van der Waals surface area contributed by atoms with Gasteiger partial charge in [0, 0.05) is 17.8 Å². The average molecular weight is 385 g/mol. The Morgan fingerprint density at radius 2 is 1.96 bits per heavy atom. The lowest BCUT2D eigenvalue weighted by atomic mass is 10.2. The first-order valence-corrected chi connectivity index (χ1v) is 8.19. The summed E-state index contributed by atoms with van der Waals surface area (Å²) in [5.41, 5.74) is 0.321. The van der Waals surface area contributed by atoms with E-state index in [4.69, 9.17) is 21.1 Å². The Balaban J connectivity index is 1.73. The summed E-state index contributed by atoms with van der Waals surface area (Å²) in [6.45, 7) is -0.0638. The fraction of sp³-hybridized carbons (Fsp3) is 0.0526. The zero-order chi connectivity index (χ0) is 19.2. The van der Waals surface area contributed by atoms with Crippen molar-refractivity contribution in [2.75, 3.05) is 0 Å². The molecule has 1 aromatic heterocycles. The first kappa shape index (κ1) is 18.3. The second-order valence-corrected chi connectivity index (χ2v) is 5.81. The normalized spacial score (nSPS) is 10.3. The molecule has 0 bridgehead atoms. The van der Waals surface area contributed by atoms with Crippen molar-refractivity contribution in [1.82, 2.24) is 4.98 Å². The number of para-hydroxylation sites is 1. The van der Waals surface area contributed by atoms with Gasteiger partial charge in [0.15, 0.2) is 0 Å². The smallest absolute Gasteiger partial charge is 0.338 e. The lowest BCUT2D eigenvalue weighted by Crippen LogP contribution is -2.06. The Morgan fingerprint density at radius 3 is 2.70 bits per heavy atom. The molecule has 2 aromatic carbocycles. The Bertz CT molecular complexity index is 979. The summed E-state index contributed by atoms with van der Waals surface area (Å²) in [5.74, 6) is 0.357. The zero-order valence-corrected chi connectivity index (χ0v) is 14.6. The predicted molar refractivity (Wildman–Crippen MR) is 98.0 cm³/mol. The van der Waals surface area contributed by atoms with Crippen molar-refractivity contribution >= 4 is 23.3 Å². The summed E-state index contributed by atoms with van der Waals surface area (Å²) in [7, 11) is 0. The second kappa shape index (κ2) is 8.29. The minimum Gasteiger partial charge on any atom is -0.457 e. The van der Waals surface area contributed by atoms with E-state index in [1.165, 1.54) is 12.1 Å². The highest BCUT2D eigenvalue weighted by molar-refractivity contribution is 6.32. The van der Waals surface area contributed by atoms with Gasteiger partial charge in [-0.25, -0.2) is 4.79 Å². The minimum absolute atomic E-state index is 0.0387. The predicted octanol–water partition coefficient (Wildman–Crippen LogP) is 4.79. The Hall–Kier alpha value is -3.45. The Kier molecular flexibility index (Phi) is 5.63. The van der Waals surface area contributed by atoms with Gasteiger partial charge in [-0.1, -0.05) is 29.8 Å². The molecular weight excluding hydrogens is 372 g/mol. The van der Waals surface area contributed by atoms with Crippen LogP contribution in [0.1, 0.15) is 15.9 Å². The molecule has 0 unspecified atom stereocenters. The third kappa shape index (κ3) is 4.59. The lowest BCUT2D eigenvalue weighted by Gasteiger charge is -2.11. The first-order valence-electron chi connectivity index (χ1n) is 7.81. The maximum absolute atomic E-state index is 12.2. The first-order chi connectivity index (χ1) is 13.0. The van der Waals surface area contributed by atoms with Crippen LogP contribution < -0.4 is 4.74 Å². The quantitative estimate of drug-likeness (QED) is 0.344. The molecule has 3 rings (SSSR count). The van der Waals surface area contributed by atoms with Gasteiger partial charge < -0.3 is 9.47 Å². The lowest BCUT2D eigenvalue weighted by molar-refractivity contribution is -0.384. The van der Waals surface area contributed by atoms with Crippen LogP contribution in [0, 0.1) is 10.1 Å². The van der Waals surface area contributed by atoms with Crippen molar-refractivity contribution in [3.8, 4) is 11.5 Å². The van der Waals surface area contributed by atoms with Crippen molar-refractivity contribution in [2.45, 2.75) is 6.61 Å². The van der Waals surface area contributed by atoms with Crippen LogP contribution in [0.2, 0.25) is 5.02 Å². The van der Waals surface area contributed by atoms with Gasteiger partial charge in [-0.3, -0.25) is 15.1 Å². The summed E-state index contributed by atoms with van der Waals surface area (Å²) >= 11 is 5.75. The molecule has 0 aliphatic heterocycles. The number of aromatic nitrogens is 1. The summed E-state index contributed by atoms with van der Waals surface area (Å²) in [6, 6.07) is 14.3. The molecule has 0 atom stereocenters. The second-order valence-electron chi connectivity index (χ2n) is 5.40. The van der Waals surface area contributed by atoms with E-state index in [-0.39, 0.29) is 22.9 Å². The minimum atomic E-state index is -0.703. The van der Waals surface area contributed by atoms with Crippen LogP contribution in [0.15, 0.2) is 67.0 Å². The summed E-state index contributed by atoms with van der Waals surface area (Å²) in [5, 5.41) is 10.9. The number of rotatable bonds is 6. The number of nitro groups is 1. The fourth-order valence-corrected chi connectivity index (χ4v) is 2.45. The third-order valence-corrected chi connectivity index (χ3v) is 3.89. The Morgan fingerprint density at radius 1 is 1.15 bits per heavy atom. The van der Waals surface area contributed by atoms with Gasteiger partial charge in [0.2, 0.25) is 0 Å². The Labute approximate surface area is 159 Å². The molecule has 136 valence electrons. The van der Waals surface area contributed by atoms with Gasteiger partial charge in [0.05, 0.1) is 16.7 Å². The van der Waals surface area contributed by atoms with Crippen LogP contribution in [-0.4, -0.2) is 15.9 Å². The molecule has 0 aliphatic carbocycles. The highest BCUT2D eigenvalue weighted by atomic mass is 35.5. The molecule has 27 heavy (non-hydrogen) atoms. The SMILES string of the molecule is O=C(OCc1ccccc1Oc1cccnc1)c1ccc(Cl)c([N+](=O)[O-])c1. The molecule has 0 aliphatic rings. The number of carbonyl (C=O) groups excluding carboxylic acids is 1. The monoisotopic (exact) mass is 384 g/mol. The van der Waals surface area contributed by atoms with Gasteiger partial charge in [0.1, 0.15) is 23.1 Å². The molecule has 8 heteroatoms. The highest BCUT2D eigenvalue weighted by Crippen LogP contribution is 2.27. The average Bonchev–Trinajstić information content (AvgIpc) is 2.68. The van der Waals surface area contributed by atoms with Crippen LogP contribution >= 0.6 is 11.6 Å². The molecule has 7 nitrogen and oxygen atoms in total. The number of hydrogen-bond acceptors (Lipinski definition) is 6. The van der Waals surface area contributed by atoms with Gasteiger partial charge in [-0.05, 0) is 30.3 Å². The van der Waals surface area contributed by atoms with E-state index in [0.29, 0.717) is 17.1 Å². The van der Waals surface area contributed by atoms with E-state index in [2.05, 4.69) is 4.98 Å². The maximum atomic E-state index is 12.2. The van der Waals surface area contributed by atoms with Gasteiger partial charge in [-0.2, -0.15) is 0 Å². The van der Waals surface area contributed by atoms with E-state index in [1.54, 1.807) is 48.8 Å². The molecule has 0 fully saturated rings. The summed E-state index contributed by atoms with van der Waals surface area (Å²) < 4.78 is 11.0. The largest absolute Gasteiger partial charge is 0.457 e. The van der Waals surface area contributed by atoms with Crippen LogP contribution in [0.4, 0.5) is 5.69 Å². The standard InChI is InChI=1S/C19H13ClN2O5/c20-16-8-7-13(10-17(16)22(24)25)19(23)26-12-14-4-1-2-6-18(14)27-15-5-3-9-21-11-15/h1-11H,12H2. The number of carbonyl (C=O) groups is 1. The summed E-state index contributed by atoms with van der Waals surface area (Å²) in [6.07, 6.45) is 3.20. The van der Waals surface area contributed by atoms with Crippen LogP contribution in [-0.2, 0) is 11.3 Å². The molecule has 0 amide bonds. The molecule has 0 saturated heterocycles. The number of esters is 1. The molecular formula is C19H13ClN2O5. The highest BCUT2D eigenvalue weighted by Gasteiger charge is 2.17. The van der Waals surface area contributed by atoms with E-state index in [9.17, 15) is 14.9 Å². The van der Waals surface area contributed by atoms with Gasteiger partial charge in [-0.15, -0.1) is 0 Å². The molecule has 3 aromatic rings. The van der Waals surface area contributed by atoms with Crippen molar-refractivity contribution in [3.05, 3.63) is 93.3 Å². The van der Waals surface area contributed by atoms with Crippen molar-refractivity contribution in [1.29, 1.82) is 0 Å². The number of benzene rings is 2. The van der Waals surface area contributed by atoms with E-state index < -0.39 is 10.9 Å². The number of nitro benzene ring substituents is 1. The van der Waals surface area contributed by atoms with Crippen molar-refractivity contribution in [3.63, 3.8) is 0 Å². The van der Waals surface area contributed by atoms with Crippen molar-refractivity contribution < 1.29 is 19.2 Å². The van der Waals surface area contributed by atoms with E-state index >= 15 is 0 Å². The molecule has 0 spiro atoms. The van der Waals surface area contributed by atoms with Gasteiger partial charge >= 0.3 is 5.97 Å². The van der Waals surface area contributed by atoms with Gasteiger partial charge in [0.25, 0.3) is 5.69 Å². The molecule has 0 radical (unpaired) electrons. The number of halogens is 1. The third-order valence-electron chi connectivity index (χ3n) is 3.57. The van der Waals surface area contributed by atoms with Crippen molar-refractivity contribution in [2.24, 2.45) is 0 Å². The number of nitrogens with zero attached hydrogens (tertiary/aromatic N) is 2. The van der Waals surface area contributed by atoms with Crippen LogP contribution in [0.25, 0.3) is 0 Å². The number of ether oxygens (including phenoxy) is 2. The van der Waals surface area contributed by atoms with E-state index in [1.807, 2.05) is 0 Å². The number of hydrogen-bond donors (Lipinski definition) is 0. The molecule has 0 N–H and O–H groups in total. The number of pyridine rings is 1. The topological polar surface area (TPSA) is 91.6 Å². The molecule has 1 heterocycles. The molecule has 0 saturated carbocycles. The van der Waals surface area contributed by atoms with E-state index in [0.717, 1.165) is 6.07 Å². The van der Waals surface area contributed by atoms with Crippen LogP contribution in [0.5, 0.6) is 11.5 Å². The zero-order valence-electron chi connectivity index (χ0n) is 13.9. The fourth-order valence-electron chi connectivity index (χ4n) is 2.26. The van der Waals surface area contributed by atoms with Crippen LogP contribution in [0.3, 0.4) is 0 Å². The summed E-state index contributed by atoms with van der Waals surface area (Å²) in [4.78, 5) is 26.5.